The van der Waals surface area contributed by atoms with Gasteiger partial charge in [0.15, 0.2) is 0 Å². The van der Waals surface area contributed by atoms with Gasteiger partial charge in [-0.15, -0.1) is 0 Å². The summed E-state index contributed by atoms with van der Waals surface area (Å²) < 4.78 is 1.91. The molecule has 0 fully saturated rings. The number of aromatic nitrogens is 2. The Morgan fingerprint density at radius 2 is 2.31 bits per heavy atom. The Labute approximate surface area is 80.1 Å². The highest BCUT2D eigenvalue weighted by atomic mass is 15.3. The highest BCUT2D eigenvalue weighted by Gasteiger charge is 2.01. The lowest BCUT2D eigenvalue weighted by molar-refractivity contribution is 0.638. The summed E-state index contributed by atoms with van der Waals surface area (Å²) in [6.07, 6.45) is 4.44. The zero-order valence-corrected chi connectivity index (χ0v) is 8.80. The molecule has 3 nitrogen and oxygen atoms in total. The van der Waals surface area contributed by atoms with Crippen molar-refractivity contribution >= 4 is 0 Å². The van der Waals surface area contributed by atoms with E-state index in [1.807, 2.05) is 17.9 Å². The largest absolute Gasteiger partial charge is 0.313 e. The summed E-state index contributed by atoms with van der Waals surface area (Å²) in [5.41, 5.74) is 2.56. The van der Waals surface area contributed by atoms with Gasteiger partial charge < -0.3 is 5.32 Å². The van der Waals surface area contributed by atoms with Gasteiger partial charge in [0.25, 0.3) is 0 Å². The van der Waals surface area contributed by atoms with Crippen LogP contribution < -0.4 is 5.32 Å². The Kier molecular flexibility index (Phi) is 3.96. The van der Waals surface area contributed by atoms with Crippen LogP contribution in [0.5, 0.6) is 0 Å². The van der Waals surface area contributed by atoms with Crippen LogP contribution in [0.4, 0.5) is 0 Å². The smallest absolute Gasteiger partial charge is 0.0537 e. The third kappa shape index (κ3) is 2.84. The van der Waals surface area contributed by atoms with Crippen molar-refractivity contribution in [1.29, 1.82) is 0 Å². The molecule has 0 radical (unpaired) electrons. The van der Waals surface area contributed by atoms with Gasteiger partial charge >= 0.3 is 0 Å². The van der Waals surface area contributed by atoms with Crippen molar-refractivity contribution in [1.82, 2.24) is 15.1 Å². The fraction of sp³-hybridized carbons (Fsp3) is 0.700. The van der Waals surface area contributed by atoms with Crippen LogP contribution in [-0.4, -0.2) is 16.3 Å². The lowest BCUT2D eigenvalue weighted by Crippen LogP contribution is -2.14. The van der Waals surface area contributed by atoms with Gasteiger partial charge in [-0.1, -0.05) is 13.3 Å². The number of unbranched alkanes of at least 4 members (excludes halogenated alkanes) is 1. The van der Waals surface area contributed by atoms with Gasteiger partial charge in [0.05, 0.1) is 6.20 Å². The average molecular weight is 181 g/mol. The third-order valence-electron chi connectivity index (χ3n) is 2.36. The van der Waals surface area contributed by atoms with E-state index in [4.69, 9.17) is 0 Å². The quantitative estimate of drug-likeness (QED) is 0.699. The first-order chi connectivity index (χ1) is 6.25. The minimum absolute atomic E-state index is 0.944. The van der Waals surface area contributed by atoms with Crippen LogP contribution in [0.1, 0.15) is 31.0 Å². The van der Waals surface area contributed by atoms with Crippen molar-refractivity contribution in [2.75, 3.05) is 6.54 Å². The summed E-state index contributed by atoms with van der Waals surface area (Å²) in [5, 5.41) is 7.60. The van der Waals surface area contributed by atoms with Gasteiger partial charge in [-0.2, -0.15) is 5.10 Å². The maximum absolute atomic E-state index is 4.19. The van der Waals surface area contributed by atoms with E-state index in [9.17, 15) is 0 Å². The molecular formula is C10H19N3. The predicted octanol–water partition coefficient (Wildman–Crippen LogP) is 1.62. The summed E-state index contributed by atoms with van der Waals surface area (Å²) in [4.78, 5) is 0. The Bertz CT molecular complexity index is 253. The van der Waals surface area contributed by atoms with E-state index in [2.05, 4.69) is 24.3 Å². The molecule has 0 atom stereocenters. The van der Waals surface area contributed by atoms with E-state index in [0.29, 0.717) is 0 Å². The van der Waals surface area contributed by atoms with Crippen LogP contribution in [0.15, 0.2) is 6.20 Å². The van der Waals surface area contributed by atoms with Gasteiger partial charge in [0.2, 0.25) is 0 Å². The summed E-state index contributed by atoms with van der Waals surface area (Å²) in [5.74, 6) is 0. The molecule has 0 saturated heterocycles. The molecule has 0 aliphatic heterocycles. The van der Waals surface area contributed by atoms with Crippen molar-refractivity contribution in [3.05, 3.63) is 17.5 Å². The first kappa shape index (κ1) is 10.3. The van der Waals surface area contributed by atoms with E-state index in [-0.39, 0.29) is 0 Å². The third-order valence-corrected chi connectivity index (χ3v) is 2.36. The number of hydrogen-bond acceptors (Lipinski definition) is 2. The standard InChI is InChI=1S/C10H19N3/c1-4-5-6-11-7-10-8-12-13(3)9(10)2/h8,11H,4-7H2,1-3H3. The number of nitrogens with one attached hydrogen (secondary N) is 1. The second-order valence-electron chi connectivity index (χ2n) is 3.41. The van der Waals surface area contributed by atoms with Crippen molar-refractivity contribution in [2.45, 2.75) is 33.2 Å². The lowest BCUT2D eigenvalue weighted by Gasteiger charge is -2.02. The van der Waals surface area contributed by atoms with Crippen LogP contribution in [0, 0.1) is 6.92 Å². The predicted molar refractivity (Wildman–Crippen MR) is 54.6 cm³/mol. The van der Waals surface area contributed by atoms with E-state index >= 15 is 0 Å². The molecule has 1 rings (SSSR count). The van der Waals surface area contributed by atoms with E-state index in [1.165, 1.54) is 24.1 Å². The minimum atomic E-state index is 0.944. The Morgan fingerprint density at radius 1 is 1.54 bits per heavy atom. The van der Waals surface area contributed by atoms with Gasteiger partial charge in [-0.05, 0) is 19.9 Å². The van der Waals surface area contributed by atoms with Crippen LogP contribution in [0.3, 0.4) is 0 Å². The summed E-state index contributed by atoms with van der Waals surface area (Å²) >= 11 is 0. The molecule has 0 saturated carbocycles. The minimum Gasteiger partial charge on any atom is -0.313 e. The zero-order valence-electron chi connectivity index (χ0n) is 8.80. The molecule has 74 valence electrons. The van der Waals surface area contributed by atoms with E-state index in [0.717, 1.165) is 13.1 Å². The van der Waals surface area contributed by atoms with E-state index in [1.54, 1.807) is 0 Å². The molecule has 0 aliphatic carbocycles. The maximum atomic E-state index is 4.19. The topological polar surface area (TPSA) is 29.9 Å². The second-order valence-corrected chi connectivity index (χ2v) is 3.41. The normalized spacial score (nSPS) is 10.7. The van der Waals surface area contributed by atoms with Crippen molar-refractivity contribution < 1.29 is 0 Å². The molecule has 0 amide bonds. The monoisotopic (exact) mass is 181 g/mol. The summed E-state index contributed by atoms with van der Waals surface area (Å²) in [7, 11) is 1.98. The molecule has 0 spiro atoms. The van der Waals surface area contributed by atoms with Gasteiger partial charge in [-0.3, -0.25) is 4.68 Å². The highest BCUT2D eigenvalue weighted by Crippen LogP contribution is 2.04. The zero-order chi connectivity index (χ0) is 9.68. The number of rotatable bonds is 5. The first-order valence-corrected chi connectivity index (χ1v) is 4.94. The van der Waals surface area contributed by atoms with Crippen LogP contribution >= 0.6 is 0 Å². The Hall–Kier alpha value is -0.830. The first-order valence-electron chi connectivity index (χ1n) is 4.94. The fourth-order valence-corrected chi connectivity index (χ4v) is 1.24. The molecule has 1 heterocycles. The van der Waals surface area contributed by atoms with Crippen LogP contribution in [0.2, 0.25) is 0 Å². The number of hydrogen-bond donors (Lipinski definition) is 1. The maximum Gasteiger partial charge on any atom is 0.0537 e. The molecule has 0 bridgehead atoms. The molecule has 1 N–H and O–H groups in total. The SMILES string of the molecule is CCCCNCc1cnn(C)c1C. The average Bonchev–Trinajstić information content (AvgIpc) is 2.43. The summed E-state index contributed by atoms with van der Waals surface area (Å²) in [6.45, 7) is 6.35. The molecule has 3 heteroatoms. The van der Waals surface area contributed by atoms with Gasteiger partial charge in [0.1, 0.15) is 0 Å². The number of nitrogens with zero attached hydrogens (tertiary/aromatic N) is 2. The van der Waals surface area contributed by atoms with E-state index < -0.39 is 0 Å². The molecule has 1 aromatic heterocycles. The molecule has 0 unspecified atom stereocenters. The summed E-state index contributed by atoms with van der Waals surface area (Å²) in [6, 6.07) is 0. The second kappa shape index (κ2) is 5.02. The Balaban J connectivity index is 2.32. The van der Waals surface area contributed by atoms with Gasteiger partial charge in [0, 0.05) is 24.8 Å². The number of aryl methyl sites for hydroxylation is 1. The lowest BCUT2D eigenvalue weighted by atomic mass is 10.2. The van der Waals surface area contributed by atoms with Crippen molar-refractivity contribution in [3.63, 3.8) is 0 Å². The van der Waals surface area contributed by atoms with Crippen LogP contribution in [-0.2, 0) is 13.6 Å². The molecule has 0 aromatic carbocycles. The fourth-order valence-electron chi connectivity index (χ4n) is 1.24. The Morgan fingerprint density at radius 3 is 2.85 bits per heavy atom. The highest BCUT2D eigenvalue weighted by molar-refractivity contribution is 5.15. The molecule has 1 aromatic rings. The molecular weight excluding hydrogens is 162 g/mol. The molecule has 0 aliphatic rings. The van der Waals surface area contributed by atoms with Gasteiger partial charge in [-0.25, -0.2) is 0 Å². The van der Waals surface area contributed by atoms with Crippen molar-refractivity contribution in [3.8, 4) is 0 Å². The van der Waals surface area contributed by atoms with Crippen molar-refractivity contribution in [2.24, 2.45) is 7.05 Å². The van der Waals surface area contributed by atoms with Crippen LogP contribution in [0.25, 0.3) is 0 Å². The molecule has 13 heavy (non-hydrogen) atoms.